The van der Waals surface area contributed by atoms with Crippen LogP contribution in [0.2, 0.25) is 0 Å². The number of hydrogen-bond donors (Lipinski definition) is 3. The number of piperazine rings is 1. The van der Waals surface area contributed by atoms with E-state index in [0.29, 0.717) is 10.7 Å². The number of ether oxygens (including phenoxy) is 1. The largest absolute Gasteiger partial charge is 0.465 e. The highest BCUT2D eigenvalue weighted by atomic mass is 32.1. The second-order valence-corrected chi connectivity index (χ2v) is 5.60. The second kappa shape index (κ2) is 8.07. The van der Waals surface area contributed by atoms with Crippen LogP contribution in [-0.4, -0.2) is 67.5 Å². The zero-order valence-corrected chi connectivity index (χ0v) is 13.5. The first-order chi connectivity index (χ1) is 10.6. The number of thiocarbonyl (C=S) groups is 1. The molecule has 3 N–H and O–H groups in total. The predicted octanol–water partition coefficient (Wildman–Crippen LogP) is -0.637. The Labute approximate surface area is 135 Å². The van der Waals surface area contributed by atoms with Crippen molar-refractivity contribution in [3.05, 3.63) is 29.8 Å². The van der Waals surface area contributed by atoms with Crippen LogP contribution in [0.25, 0.3) is 0 Å². The fourth-order valence-corrected chi connectivity index (χ4v) is 2.78. The van der Waals surface area contributed by atoms with Crippen molar-refractivity contribution in [3.63, 3.8) is 0 Å². The molecule has 0 atom stereocenters. The van der Waals surface area contributed by atoms with Gasteiger partial charge in [-0.1, -0.05) is 6.07 Å². The van der Waals surface area contributed by atoms with E-state index in [4.69, 9.17) is 22.1 Å². The van der Waals surface area contributed by atoms with Crippen LogP contribution in [0.4, 0.5) is 5.69 Å². The monoisotopic (exact) mass is 324 g/mol. The molecule has 0 amide bonds. The standard InChI is InChI=1S/C15H21N3O3S/c1-21-14(20)12-3-2-4-13(11-12)16-15(22)18-7-5-17(6-8-18)9-10-19/h2-4,11,19H,5-10H2,1H3,(H,16,22)/p+1. The molecule has 22 heavy (non-hydrogen) atoms. The van der Waals surface area contributed by atoms with Crippen LogP contribution in [-0.2, 0) is 4.74 Å². The number of aliphatic hydroxyl groups is 1. The van der Waals surface area contributed by atoms with Crippen molar-refractivity contribution < 1.29 is 19.5 Å². The highest BCUT2D eigenvalue weighted by Gasteiger charge is 2.21. The van der Waals surface area contributed by atoms with Crippen molar-refractivity contribution in [3.8, 4) is 0 Å². The van der Waals surface area contributed by atoms with Crippen LogP contribution in [0.3, 0.4) is 0 Å². The Kier molecular flexibility index (Phi) is 6.11. The summed E-state index contributed by atoms with van der Waals surface area (Å²) in [6.07, 6.45) is 0. The van der Waals surface area contributed by atoms with Gasteiger partial charge >= 0.3 is 5.97 Å². The third-order valence-corrected chi connectivity index (χ3v) is 4.12. The van der Waals surface area contributed by atoms with Crippen molar-refractivity contribution in [2.45, 2.75) is 0 Å². The molecule has 6 nitrogen and oxygen atoms in total. The van der Waals surface area contributed by atoms with E-state index in [1.54, 1.807) is 18.2 Å². The first-order valence-electron chi connectivity index (χ1n) is 7.32. The maximum absolute atomic E-state index is 11.5. The Morgan fingerprint density at radius 2 is 2.18 bits per heavy atom. The third kappa shape index (κ3) is 4.40. The number of anilines is 1. The van der Waals surface area contributed by atoms with Gasteiger partial charge in [0.1, 0.15) is 6.54 Å². The number of carbonyl (C=O) groups is 1. The molecule has 0 radical (unpaired) electrons. The molecule has 0 unspecified atom stereocenters. The number of rotatable bonds is 4. The molecule has 0 aromatic heterocycles. The topological polar surface area (TPSA) is 66.2 Å². The Bertz CT molecular complexity index is 531. The van der Waals surface area contributed by atoms with Crippen LogP contribution < -0.4 is 10.2 Å². The molecule has 0 aliphatic carbocycles. The molecule has 1 aliphatic rings. The molecule has 1 aliphatic heterocycles. The third-order valence-electron chi connectivity index (χ3n) is 3.76. The minimum absolute atomic E-state index is 0.221. The molecular formula is C15H22N3O3S+. The Hall–Kier alpha value is -1.70. The summed E-state index contributed by atoms with van der Waals surface area (Å²) in [4.78, 5) is 15.0. The molecule has 0 bridgehead atoms. The van der Waals surface area contributed by atoms with Crippen molar-refractivity contribution in [1.82, 2.24) is 4.90 Å². The highest BCUT2D eigenvalue weighted by Crippen LogP contribution is 2.12. The Balaban J connectivity index is 1.91. The molecule has 2 rings (SSSR count). The van der Waals surface area contributed by atoms with E-state index < -0.39 is 0 Å². The number of aliphatic hydroxyl groups excluding tert-OH is 1. The summed E-state index contributed by atoms with van der Waals surface area (Å²) in [6.45, 7) is 4.65. The van der Waals surface area contributed by atoms with E-state index in [9.17, 15) is 4.79 Å². The van der Waals surface area contributed by atoms with Gasteiger partial charge in [0.05, 0.1) is 45.5 Å². The zero-order chi connectivity index (χ0) is 15.9. The molecule has 1 aromatic rings. The molecule has 1 saturated heterocycles. The fraction of sp³-hybridized carbons (Fsp3) is 0.467. The quantitative estimate of drug-likeness (QED) is 0.506. The molecule has 0 spiro atoms. The van der Waals surface area contributed by atoms with E-state index in [1.807, 2.05) is 6.07 Å². The van der Waals surface area contributed by atoms with Crippen LogP contribution in [0, 0.1) is 0 Å². The van der Waals surface area contributed by atoms with E-state index >= 15 is 0 Å². The van der Waals surface area contributed by atoms with Crippen LogP contribution >= 0.6 is 12.2 Å². The minimum atomic E-state index is -0.365. The molecule has 120 valence electrons. The minimum Gasteiger partial charge on any atom is -0.465 e. The van der Waals surface area contributed by atoms with Gasteiger partial charge in [-0.3, -0.25) is 0 Å². The lowest BCUT2D eigenvalue weighted by molar-refractivity contribution is -0.904. The van der Waals surface area contributed by atoms with Crippen molar-refractivity contribution in [1.29, 1.82) is 0 Å². The van der Waals surface area contributed by atoms with Gasteiger partial charge in [0, 0.05) is 5.69 Å². The first-order valence-corrected chi connectivity index (χ1v) is 7.73. The Morgan fingerprint density at radius 3 is 2.82 bits per heavy atom. The molecule has 1 aromatic carbocycles. The number of carbonyl (C=O) groups excluding carboxylic acids is 1. The molecule has 1 fully saturated rings. The number of esters is 1. The normalized spacial score (nSPS) is 15.5. The number of quaternary nitrogens is 1. The average Bonchev–Trinajstić information content (AvgIpc) is 2.55. The number of methoxy groups -OCH3 is 1. The summed E-state index contributed by atoms with van der Waals surface area (Å²) >= 11 is 5.44. The van der Waals surface area contributed by atoms with Gasteiger partial charge in [-0.15, -0.1) is 0 Å². The van der Waals surface area contributed by atoms with Gasteiger partial charge < -0.3 is 25.0 Å². The van der Waals surface area contributed by atoms with Crippen molar-refractivity contribution >= 4 is 29.0 Å². The van der Waals surface area contributed by atoms with Gasteiger partial charge in [0.15, 0.2) is 5.11 Å². The number of benzene rings is 1. The maximum atomic E-state index is 11.5. The smallest absolute Gasteiger partial charge is 0.337 e. The molecule has 0 saturated carbocycles. The van der Waals surface area contributed by atoms with E-state index in [-0.39, 0.29) is 12.6 Å². The zero-order valence-electron chi connectivity index (χ0n) is 12.7. The number of nitrogens with zero attached hydrogens (tertiary/aromatic N) is 1. The SMILES string of the molecule is COC(=O)c1cccc(NC(=S)N2CC[NH+](CCO)CC2)c1. The predicted molar refractivity (Wildman–Crippen MR) is 88.2 cm³/mol. The molecule has 7 heteroatoms. The van der Waals surface area contributed by atoms with Crippen molar-refractivity contribution in [2.24, 2.45) is 0 Å². The van der Waals surface area contributed by atoms with Crippen LogP contribution in [0.5, 0.6) is 0 Å². The number of nitrogens with one attached hydrogen (secondary N) is 2. The van der Waals surface area contributed by atoms with Gasteiger partial charge in [-0.05, 0) is 30.4 Å². The Morgan fingerprint density at radius 1 is 1.45 bits per heavy atom. The summed E-state index contributed by atoms with van der Waals surface area (Å²) in [5, 5.41) is 12.8. The maximum Gasteiger partial charge on any atom is 0.337 e. The summed E-state index contributed by atoms with van der Waals surface area (Å²) in [7, 11) is 1.36. The van der Waals surface area contributed by atoms with Crippen LogP contribution in [0.15, 0.2) is 24.3 Å². The lowest BCUT2D eigenvalue weighted by Crippen LogP contribution is -3.15. The van der Waals surface area contributed by atoms with E-state index in [0.717, 1.165) is 38.4 Å². The lowest BCUT2D eigenvalue weighted by atomic mass is 10.2. The lowest BCUT2D eigenvalue weighted by Gasteiger charge is -2.33. The van der Waals surface area contributed by atoms with Crippen molar-refractivity contribution in [2.75, 3.05) is 51.8 Å². The summed E-state index contributed by atoms with van der Waals surface area (Å²) in [5.74, 6) is -0.365. The summed E-state index contributed by atoms with van der Waals surface area (Å²) in [6, 6.07) is 7.09. The number of hydrogen-bond acceptors (Lipinski definition) is 4. The van der Waals surface area contributed by atoms with Crippen LogP contribution in [0.1, 0.15) is 10.4 Å². The van der Waals surface area contributed by atoms with E-state index in [2.05, 4.69) is 10.2 Å². The highest BCUT2D eigenvalue weighted by molar-refractivity contribution is 7.80. The van der Waals surface area contributed by atoms with Gasteiger partial charge in [-0.25, -0.2) is 4.79 Å². The molecular weight excluding hydrogens is 302 g/mol. The summed E-state index contributed by atoms with van der Waals surface area (Å²) < 4.78 is 4.71. The van der Waals surface area contributed by atoms with Gasteiger partial charge in [0.2, 0.25) is 0 Å². The summed E-state index contributed by atoms with van der Waals surface area (Å²) in [5.41, 5.74) is 1.27. The first kappa shape index (κ1) is 16.7. The van der Waals surface area contributed by atoms with Gasteiger partial charge in [-0.2, -0.15) is 0 Å². The molecule has 1 heterocycles. The average molecular weight is 324 g/mol. The fourth-order valence-electron chi connectivity index (χ4n) is 2.48. The van der Waals surface area contributed by atoms with E-state index in [1.165, 1.54) is 12.0 Å². The second-order valence-electron chi connectivity index (χ2n) is 5.21. The van der Waals surface area contributed by atoms with Gasteiger partial charge in [0.25, 0.3) is 0 Å².